The van der Waals surface area contributed by atoms with E-state index in [1.54, 1.807) is 12.1 Å². The molecule has 7 nitrogen and oxygen atoms in total. The SMILES string of the molecule is CC(=O)O[C@@H]1[C@@H](OC(C)=O)[C@H](OC(C)=O)CS[C@@H]1c1ccco1. The lowest BCUT2D eigenvalue weighted by molar-refractivity contribution is -0.182. The highest BCUT2D eigenvalue weighted by atomic mass is 32.2. The van der Waals surface area contributed by atoms with Crippen molar-refractivity contribution in [3.05, 3.63) is 24.2 Å². The molecule has 23 heavy (non-hydrogen) atoms. The minimum Gasteiger partial charge on any atom is -0.468 e. The van der Waals surface area contributed by atoms with E-state index in [9.17, 15) is 14.4 Å². The molecular weight excluding hydrogens is 324 g/mol. The fourth-order valence-electron chi connectivity index (χ4n) is 2.44. The van der Waals surface area contributed by atoms with E-state index in [0.29, 0.717) is 11.5 Å². The van der Waals surface area contributed by atoms with Crippen LogP contribution in [-0.2, 0) is 28.6 Å². The van der Waals surface area contributed by atoms with E-state index in [1.165, 1.54) is 38.8 Å². The van der Waals surface area contributed by atoms with Crippen LogP contribution >= 0.6 is 11.8 Å². The van der Waals surface area contributed by atoms with E-state index >= 15 is 0 Å². The number of furan rings is 1. The molecule has 1 aromatic heterocycles. The van der Waals surface area contributed by atoms with Gasteiger partial charge in [0.15, 0.2) is 18.3 Å². The Morgan fingerprint density at radius 2 is 1.65 bits per heavy atom. The molecule has 126 valence electrons. The first-order valence-electron chi connectivity index (χ1n) is 7.05. The Labute approximate surface area is 137 Å². The molecule has 4 atom stereocenters. The number of thioether (sulfide) groups is 1. The second-order valence-electron chi connectivity index (χ2n) is 5.07. The monoisotopic (exact) mass is 342 g/mol. The molecule has 0 N–H and O–H groups in total. The zero-order valence-corrected chi connectivity index (χ0v) is 13.8. The summed E-state index contributed by atoms with van der Waals surface area (Å²) in [7, 11) is 0. The van der Waals surface area contributed by atoms with Gasteiger partial charge in [0.2, 0.25) is 0 Å². The molecule has 2 rings (SSSR count). The van der Waals surface area contributed by atoms with Crippen LogP contribution in [0.3, 0.4) is 0 Å². The first-order valence-corrected chi connectivity index (χ1v) is 8.10. The zero-order chi connectivity index (χ0) is 17.0. The third kappa shape index (κ3) is 4.51. The molecule has 0 saturated carbocycles. The summed E-state index contributed by atoms with van der Waals surface area (Å²) in [6, 6.07) is 3.48. The van der Waals surface area contributed by atoms with Gasteiger partial charge < -0.3 is 18.6 Å². The average Bonchev–Trinajstić information content (AvgIpc) is 2.94. The van der Waals surface area contributed by atoms with Crippen LogP contribution in [0.1, 0.15) is 31.8 Å². The van der Waals surface area contributed by atoms with Crippen molar-refractivity contribution < 1.29 is 33.0 Å². The highest BCUT2D eigenvalue weighted by molar-refractivity contribution is 7.99. The van der Waals surface area contributed by atoms with Gasteiger partial charge in [-0.25, -0.2) is 0 Å². The van der Waals surface area contributed by atoms with E-state index in [-0.39, 0.29) is 5.25 Å². The van der Waals surface area contributed by atoms with Crippen LogP contribution in [-0.4, -0.2) is 42.0 Å². The number of hydrogen-bond donors (Lipinski definition) is 0. The first kappa shape index (κ1) is 17.4. The fraction of sp³-hybridized carbons (Fsp3) is 0.533. The Morgan fingerprint density at radius 1 is 1.04 bits per heavy atom. The van der Waals surface area contributed by atoms with Crippen molar-refractivity contribution in [2.24, 2.45) is 0 Å². The van der Waals surface area contributed by atoms with Crippen LogP contribution in [0.2, 0.25) is 0 Å². The van der Waals surface area contributed by atoms with Gasteiger partial charge in [-0.15, -0.1) is 11.8 Å². The highest BCUT2D eigenvalue weighted by Crippen LogP contribution is 2.42. The Hall–Kier alpha value is -1.96. The van der Waals surface area contributed by atoms with Crippen molar-refractivity contribution in [2.75, 3.05) is 5.75 Å². The van der Waals surface area contributed by atoms with Crippen molar-refractivity contribution in [3.8, 4) is 0 Å². The molecule has 1 saturated heterocycles. The number of ether oxygens (including phenoxy) is 3. The maximum atomic E-state index is 11.5. The summed E-state index contributed by atoms with van der Waals surface area (Å²) in [5, 5.41) is -0.356. The molecule has 1 aliphatic heterocycles. The number of esters is 3. The quantitative estimate of drug-likeness (QED) is 0.605. The molecule has 0 bridgehead atoms. The summed E-state index contributed by atoms with van der Waals surface area (Å²) >= 11 is 1.41. The van der Waals surface area contributed by atoms with Crippen LogP contribution < -0.4 is 0 Å². The minimum absolute atomic E-state index is 0.356. The summed E-state index contributed by atoms with van der Waals surface area (Å²) in [4.78, 5) is 34.2. The summed E-state index contributed by atoms with van der Waals surface area (Å²) in [6.45, 7) is 3.79. The van der Waals surface area contributed by atoms with Gasteiger partial charge in [-0.05, 0) is 12.1 Å². The van der Waals surface area contributed by atoms with Crippen molar-refractivity contribution >= 4 is 29.7 Å². The molecule has 1 aliphatic rings. The van der Waals surface area contributed by atoms with Gasteiger partial charge in [0.1, 0.15) is 11.0 Å². The maximum absolute atomic E-state index is 11.5. The van der Waals surface area contributed by atoms with Crippen molar-refractivity contribution in [1.29, 1.82) is 0 Å². The van der Waals surface area contributed by atoms with Crippen LogP contribution in [0.4, 0.5) is 0 Å². The molecule has 0 unspecified atom stereocenters. The van der Waals surface area contributed by atoms with E-state index in [0.717, 1.165) is 0 Å². The predicted octanol–water partition coefficient (Wildman–Crippen LogP) is 1.86. The summed E-state index contributed by atoms with van der Waals surface area (Å²) < 4.78 is 21.3. The third-order valence-electron chi connectivity index (χ3n) is 3.17. The fourth-order valence-corrected chi connectivity index (χ4v) is 3.79. The van der Waals surface area contributed by atoms with Crippen LogP contribution in [0.15, 0.2) is 22.8 Å². The lowest BCUT2D eigenvalue weighted by Gasteiger charge is -2.39. The molecule has 0 spiro atoms. The largest absolute Gasteiger partial charge is 0.468 e. The van der Waals surface area contributed by atoms with Crippen molar-refractivity contribution in [1.82, 2.24) is 0 Å². The second kappa shape index (κ2) is 7.54. The molecule has 0 amide bonds. The van der Waals surface area contributed by atoms with Crippen LogP contribution in [0.5, 0.6) is 0 Å². The first-order chi connectivity index (χ1) is 10.9. The lowest BCUT2D eigenvalue weighted by atomic mass is 10.0. The molecule has 0 aromatic carbocycles. The lowest BCUT2D eigenvalue weighted by Crippen LogP contribution is -2.51. The maximum Gasteiger partial charge on any atom is 0.303 e. The smallest absolute Gasteiger partial charge is 0.303 e. The third-order valence-corrected chi connectivity index (χ3v) is 4.55. The van der Waals surface area contributed by atoms with Gasteiger partial charge in [0.25, 0.3) is 0 Å². The van der Waals surface area contributed by atoms with Gasteiger partial charge >= 0.3 is 17.9 Å². The second-order valence-corrected chi connectivity index (χ2v) is 6.24. The standard InChI is InChI=1S/C15H18O7S/c1-8(16)20-12-7-23-15(11-5-4-6-19-11)14(22-10(3)18)13(12)21-9(2)17/h4-6,12-15H,7H2,1-3H3/t12-,13+,14-,15-/m1/s1. The molecule has 1 aromatic rings. The molecule has 8 heteroatoms. The van der Waals surface area contributed by atoms with Crippen molar-refractivity contribution in [2.45, 2.75) is 44.3 Å². The summed E-state index contributed by atoms with van der Waals surface area (Å²) in [5.41, 5.74) is 0. The Bertz CT molecular complexity index is 568. The topological polar surface area (TPSA) is 92.0 Å². The van der Waals surface area contributed by atoms with Crippen molar-refractivity contribution in [3.63, 3.8) is 0 Å². The normalized spacial score (nSPS) is 27.1. The number of carbonyl (C=O) groups is 3. The number of carbonyl (C=O) groups excluding carboxylic acids is 3. The molecule has 2 heterocycles. The van der Waals surface area contributed by atoms with Crippen LogP contribution in [0.25, 0.3) is 0 Å². The zero-order valence-electron chi connectivity index (χ0n) is 13.0. The summed E-state index contributed by atoms with van der Waals surface area (Å²) in [6.07, 6.45) is -0.890. The summed E-state index contributed by atoms with van der Waals surface area (Å²) in [5.74, 6) is -0.576. The van der Waals surface area contributed by atoms with Gasteiger partial charge in [0, 0.05) is 26.5 Å². The van der Waals surface area contributed by atoms with E-state index in [2.05, 4.69) is 0 Å². The van der Waals surface area contributed by atoms with Gasteiger partial charge in [-0.3, -0.25) is 14.4 Å². The molecule has 0 radical (unpaired) electrons. The Balaban J connectivity index is 2.31. The van der Waals surface area contributed by atoms with E-state index in [4.69, 9.17) is 18.6 Å². The Kier molecular flexibility index (Phi) is 5.70. The molecular formula is C15H18O7S. The van der Waals surface area contributed by atoms with E-state index in [1.807, 2.05) is 0 Å². The predicted molar refractivity (Wildman–Crippen MR) is 80.6 cm³/mol. The van der Waals surface area contributed by atoms with E-state index < -0.39 is 36.2 Å². The van der Waals surface area contributed by atoms with Gasteiger partial charge in [-0.1, -0.05) is 0 Å². The Morgan fingerprint density at radius 3 is 2.17 bits per heavy atom. The van der Waals surface area contributed by atoms with Gasteiger partial charge in [-0.2, -0.15) is 0 Å². The van der Waals surface area contributed by atoms with Crippen LogP contribution in [0, 0.1) is 0 Å². The highest BCUT2D eigenvalue weighted by Gasteiger charge is 2.47. The number of hydrogen-bond acceptors (Lipinski definition) is 8. The average molecular weight is 342 g/mol. The number of rotatable bonds is 4. The molecule has 0 aliphatic carbocycles. The van der Waals surface area contributed by atoms with Gasteiger partial charge in [0.05, 0.1) is 6.26 Å². The molecule has 1 fully saturated rings. The minimum atomic E-state index is -0.892.